The van der Waals surface area contributed by atoms with Crippen LogP contribution >= 0.6 is 11.3 Å². The van der Waals surface area contributed by atoms with Gasteiger partial charge in [-0.15, -0.1) is 11.3 Å². The maximum atomic E-state index is 13.0. The van der Waals surface area contributed by atoms with Crippen LogP contribution < -0.4 is 5.32 Å². The van der Waals surface area contributed by atoms with Gasteiger partial charge >= 0.3 is 0 Å². The SMILES string of the molecule is CCN1CCN([C@H](c2ccc(C)cc2)c2c(NC(=O)c3ccco3)sc3c2CCCC3)CC1. The summed E-state index contributed by atoms with van der Waals surface area (Å²) >= 11 is 1.77. The molecule has 5 rings (SSSR count). The lowest BCUT2D eigenvalue weighted by molar-refractivity contribution is 0.0995. The number of carbonyl (C=O) groups excluding carboxylic acids is 1. The maximum Gasteiger partial charge on any atom is 0.291 e. The molecule has 2 aromatic heterocycles. The van der Waals surface area contributed by atoms with E-state index in [1.54, 1.807) is 29.7 Å². The van der Waals surface area contributed by atoms with E-state index in [1.807, 2.05) is 0 Å². The number of nitrogens with zero attached hydrogens (tertiary/aromatic N) is 2. The normalized spacial score (nSPS) is 18.1. The summed E-state index contributed by atoms with van der Waals surface area (Å²) in [5.41, 5.74) is 5.35. The van der Waals surface area contributed by atoms with Gasteiger partial charge in [0, 0.05) is 36.6 Å². The van der Waals surface area contributed by atoms with Crippen LogP contribution in [0.3, 0.4) is 0 Å². The molecule has 0 unspecified atom stereocenters. The van der Waals surface area contributed by atoms with Crippen molar-refractivity contribution in [3.63, 3.8) is 0 Å². The Kier molecular flexibility index (Phi) is 6.67. The summed E-state index contributed by atoms with van der Waals surface area (Å²) in [5, 5.41) is 4.23. The number of aryl methyl sites for hydroxylation is 2. The highest BCUT2D eigenvalue weighted by Crippen LogP contribution is 2.45. The summed E-state index contributed by atoms with van der Waals surface area (Å²) in [5.74, 6) is 0.189. The number of likely N-dealkylation sites (N-methyl/N-ethyl adjacent to an activating group) is 1. The van der Waals surface area contributed by atoms with Crippen LogP contribution in [0, 0.1) is 6.92 Å². The highest BCUT2D eigenvalue weighted by atomic mass is 32.1. The lowest BCUT2D eigenvalue weighted by atomic mass is 9.88. The van der Waals surface area contributed by atoms with E-state index in [0.29, 0.717) is 5.76 Å². The van der Waals surface area contributed by atoms with E-state index in [9.17, 15) is 4.79 Å². The van der Waals surface area contributed by atoms with Crippen molar-refractivity contribution < 1.29 is 9.21 Å². The molecule has 1 fully saturated rings. The molecular formula is C27H33N3O2S. The fourth-order valence-corrected chi connectivity index (χ4v) is 6.51. The minimum atomic E-state index is -0.168. The van der Waals surface area contributed by atoms with Crippen LogP contribution in [0.5, 0.6) is 0 Å². The van der Waals surface area contributed by atoms with Gasteiger partial charge in [0.2, 0.25) is 0 Å². The predicted octanol–water partition coefficient (Wildman–Crippen LogP) is 5.51. The first kappa shape index (κ1) is 22.4. The van der Waals surface area contributed by atoms with Crippen LogP contribution in [-0.2, 0) is 12.8 Å². The van der Waals surface area contributed by atoms with Gasteiger partial charge in [0.25, 0.3) is 5.91 Å². The number of amides is 1. The summed E-state index contributed by atoms with van der Waals surface area (Å²) in [7, 11) is 0. The Morgan fingerprint density at radius 2 is 1.85 bits per heavy atom. The monoisotopic (exact) mass is 463 g/mol. The molecule has 1 aliphatic heterocycles. The van der Waals surface area contributed by atoms with Crippen LogP contribution in [0.25, 0.3) is 0 Å². The van der Waals surface area contributed by atoms with Gasteiger partial charge in [-0.25, -0.2) is 0 Å². The molecule has 0 radical (unpaired) electrons. The molecule has 1 N–H and O–H groups in total. The van der Waals surface area contributed by atoms with Crippen molar-refractivity contribution in [1.29, 1.82) is 0 Å². The van der Waals surface area contributed by atoms with Crippen molar-refractivity contribution in [2.45, 2.75) is 45.6 Å². The van der Waals surface area contributed by atoms with Crippen molar-refractivity contribution >= 4 is 22.2 Å². The standard InChI is InChI=1S/C27H33N3O2S/c1-3-29-14-16-30(17-15-29)25(20-12-10-19(2)11-13-20)24-21-7-4-5-9-23(21)33-27(24)28-26(31)22-8-6-18-32-22/h6,8,10-13,18,25H,3-5,7,9,14-17H2,1-2H3,(H,28,31)/t25-/m1/s1. The quantitative estimate of drug-likeness (QED) is 0.524. The zero-order valence-electron chi connectivity index (χ0n) is 19.6. The van der Waals surface area contributed by atoms with E-state index in [4.69, 9.17) is 4.42 Å². The van der Waals surface area contributed by atoms with Gasteiger partial charge < -0.3 is 14.6 Å². The number of thiophene rings is 1. The first-order chi connectivity index (χ1) is 16.1. The van der Waals surface area contributed by atoms with Crippen LogP contribution in [0.2, 0.25) is 0 Å². The summed E-state index contributed by atoms with van der Waals surface area (Å²) in [6.07, 6.45) is 6.19. The number of carbonyl (C=O) groups is 1. The number of piperazine rings is 1. The molecule has 2 aliphatic rings. The summed E-state index contributed by atoms with van der Waals surface area (Å²) in [4.78, 5) is 19.6. The van der Waals surface area contributed by atoms with Crippen molar-refractivity contribution in [1.82, 2.24) is 9.80 Å². The highest BCUT2D eigenvalue weighted by Gasteiger charge is 2.33. The number of furan rings is 1. The van der Waals surface area contributed by atoms with E-state index >= 15 is 0 Å². The molecule has 1 amide bonds. The fraction of sp³-hybridized carbons (Fsp3) is 0.444. The molecule has 174 valence electrons. The number of hydrogen-bond acceptors (Lipinski definition) is 5. The third kappa shape index (κ3) is 4.65. The van der Waals surface area contributed by atoms with E-state index in [2.05, 4.69) is 53.2 Å². The fourth-order valence-electron chi connectivity index (χ4n) is 5.19. The average molecular weight is 464 g/mol. The molecule has 1 saturated heterocycles. The van der Waals surface area contributed by atoms with Crippen LogP contribution in [-0.4, -0.2) is 48.4 Å². The number of nitrogens with one attached hydrogen (secondary N) is 1. The van der Waals surface area contributed by atoms with Gasteiger partial charge in [-0.1, -0.05) is 36.8 Å². The number of fused-ring (bicyclic) bond motifs is 1. The second kappa shape index (κ2) is 9.84. The van der Waals surface area contributed by atoms with Crippen molar-refractivity contribution in [2.75, 3.05) is 38.0 Å². The Balaban J connectivity index is 1.58. The van der Waals surface area contributed by atoms with E-state index in [1.165, 1.54) is 40.0 Å². The molecule has 5 nitrogen and oxygen atoms in total. The molecule has 0 bridgehead atoms. The molecule has 6 heteroatoms. The van der Waals surface area contributed by atoms with Gasteiger partial charge in [-0.3, -0.25) is 9.69 Å². The minimum absolute atomic E-state index is 0.148. The molecule has 1 aromatic carbocycles. The summed E-state index contributed by atoms with van der Waals surface area (Å²) < 4.78 is 5.38. The van der Waals surface area contributed by atoms with Crippen molar-refractivity contribution in [2.24, 2.45) is 0 Å². The maximum absolute atomic E-state index is 13.0. The highest BCUT2D eigenvalue weighted by molar-refractivity contribution is 7.16. The second-order valence-electron chi connectivity index (χ2n) is 9.17. The van der Waals surface area contributed by atoms with Crippen LogP contribution in [0.4, 0.5) is 5.00 Å². The lowest BCUT2D eigenvalue weighted by Crippen LogP contribution is -2.47. The van der Waals surface area contributed by atoms with E-state index in [0.717, 1.165) is 50.6 Å². The molecule has 3 aromatic rings. The predicted molar refractivity (Wildman–Crippen MR) is 134 cm³/mol. The molecule has 0 spiro atoms. The summed E-state index contributed by atoms with van der Waals surface area (Å²) in [6.45, 7) is 9.70. The zero-order chi connectivity index (χ0) is 22.8. The Bertz CT molecular complexity index is 1080. The molecule has 3 heterocycles. The van der Waals surface area contributed by atoms with Gasteiger partial charge in [-0.05, 0) is 62.4 Å². The molecule has 33 heavy (non-hydrogen) atoms. The lowest BCUT2D eigenvalue weighted by Gasteiger charge is -2.40. The molecule has 0 saturated carbocycles. The number of hydrogen-bond donors (Lipinski definition) is 1. The van der Waals surface area contributed by atoms with Crippen LogP contribution in [0.15, 0.2) is 47.1 Å². The molecule has 1 aliphatic carbocycles. The topological polar surface area (TPSA) is 48.7 Å². The van der Waals surface area contributed by atoms with E-state index in [-0.39, 0.29) is 11.9 Å². The van der Waals surface area contributed by atoms with Gasteiger partial charge in [0.15, 0.2) is 5.76 Å². The Morgan fingerprint density at radius 1 is 1.09 bits per heavy atom. The summed E-state index contributed by atoms with van der Waals surface area (Å²) in [6, 6.07) is 12.6. The first-order valence-electron chi connectivity index (χ1n) is 12.2. The van der Waals surface area contributed by atoms with Gasteiger partial charge in [0.05, 0.1) is 12.3 Å². The smallest absolute Gasteiger partial charge is 0.291 e. The minimum Gasteiger partial charge on any atom is -0.459 e. The number of rotatable bonds is 6. The van der Waals surface area contributed by atoms with Crippen molar-refractivity contribution in [3.05, 3.63) is 75.6 Å². The number of benzene rings is 1. The number of anilines is 1. The third-order valence-electron chi connectivity index (χ3n) is 7.07. The largest absolute Gasteiger partial charge is 0.459 e. The Morgan fingerprint density at radius 3 is 2.55 bits per heavy atom. The van der Waals surface area contributed by atoms with Gasteiger partial charge in [0.1, 0.15) is 5.00 Å². The van der Waals surface area contributed by atoms with E-state index < -0.39 is 0 Å². The zero-order valence-corrected chi connectivity index (χ0v) is 20.4. The van der Waals surface area contributed by atoms with Crippen LogP contribution in [0.1, 0.15) is 63.5 Å². The molecule has 1 atom stereocenters. The Hall–Kier alpha value is -2.41. The second-order valence-corrected chi connectivity index (χ2v) is 10.3. The Labute approximate surface area is 200 Å². The molecular weight excluding hydrogens is 430 g/mol. The van der Waals surface area contributed by atoms with Crippen molar-refractivity contribution in [3.8, 4) is 0 Å². The van der Waals surface area contributed by atoms with Gasteiger partial charge in [-0.2, -0.15) is 0 Å². The third-order valence-corrected chi connectivity index (χ3v) is 8.29. The first-order valence-corrected chi connectivity index (χ1v) is 13.0. The average Bonchev–Trinajstić information content (AvgIpc) is 3.50.